The van der Waals surface area contributed by atoms with Gasteiger partial charge in [0.2, 0.25) is 0 Å². The Morgan fingerprint density at radius 2 is 2.41 bits per heavy atom. The number of likely N-dealkylation sites (tertiary alicyclic amines) is 1. The molecule has 92 valence electrons. The molecular weight excluding hydrogens is 284 g/mol. The Hall–Kier alpha value is -0.940. The monoisotopic (exact) mass is 299 g/mol. The first-order chi connectivity index (χ1) is 8.15. The summed E-state index contributed by atoms with van der Waals surface area (Å²) >= 11 is 3.29. The molecule has 1 aliphatic rings. The van der Waals surface area contributed by atoms with Crippen molar-refractivity contribution in [2.45, 2.75) is 18.9 Å². The highest BCUT2D eigenvalue weighted by Gasteiger charge is 2.24. The highest BCUT2D eigenvalue weighted by atomic mass is 79.9. The molecule has 1 aliphatic heterocycles. The lowest BCUT2D eigenvalue weighted by molar-refractivity contribution is -0.888. The van der Waals surface area contributed by atoms with Gasteiger partial charge in [0.1, 0.15) is 6.54 Å². The fraction of sp³-hybridized carbons (Fsp3) is 0.500. The average molecular weight is 300 g/mol. The van der Waals surface area contributed by atoms with Gasteiger partial charge in [-0.3, -0.25) is 4.98 Å². The lowest BCUT2D eigenvalue weighted by Gasteiger charge is -2.26. The van der Waals surface area contributed by atoms with Gasteiger partial charge in [0, 0.05) is 23.3 Å². The lowest BCUT2D eigenvalue weighted by atomic mass is 10.1. The Balaban J connectivity index is 1.97. The van der Waals surface area contributed by atoms with Gasteiger partial charge in [-0.1, -0.05) is 0 Å². The molecule has 0 amide bonds. The number of hydrogen-bond acceptors (Lipinski definition) is 3. The van der Waals surface area contributed by atoms with E-state index in [1.165, 1.54) is 11.1 Å². The third kappa shape index (κ3) is 3.51. The first kappa shape index (κ1) is 12.5. The minimum atomic E-state index is -0.279. The minimum absolute atomic E-state index is 0.0373. The zero-order valence-corrected chi connectivity index (χ0v) is 11.4. The first-order valence-electron chi connectivity index (χ1n) is 5.78. The van der Waals surface area contributed by atoms with Gasteiger partial charge in [-0.15, -0.1) is 0 Å². The molecule has 4 nitrogen and oxygen atoms in total. The molecule has 2 atom stereocenters. The van der Waals surface area contributed by atoms with E-state index < -0.39 is 0 Å². The number of aromatic nitrogens is 1. The van der Waals surface area contributed by atoms with E-state index in [2.05, 4.69) is 28.0 Å². The van der Waals surface area contributed by atoms with Crippen LogP contribution in [0, 0.1) is 0 Å². The molecule has 1 fully saturated rings. The van der Waals surface area contributed by atoms with E-state index >= 15 is 0 Å². The maximum atomic E-state index is 11.9. The van der Waals surface area contributed by atoms with E-state index in [0.29, 0.717) is 5.56 Å². The molecule has 2 heterocycles. The highest BCUT2D eigenvalue weighted by Crippen LogP contribution is 2.12. The summed E-state index contributed by atoms with van der Waals surface area (Å²) in [5.74, 6) is -0.279. The van der Waals surface area contributed by atoms with Gasteiger partial charge < -0.3 is 9.64 Å². The quantitative estimate of drug-likeness (QED) is 0.817. The second-order valence-corrected chi connectivity index (χ2v) is 5.39. The molecule has 0 radical (unpaired) electrons. The third-order valence-corrected chi connectivity index (χ3v) is 3.35. The largest absolute Gasteiger partial charge is 0.453 e. The normalized spacial score (nSPS) is 24.4. The van der Waals surface area contributed by atoms with Gasteiger partial charge in [0.25, 0.3) is 0 Å². The maximum Gasteiger partial charge on any atom is 0.340 e. The van der Waals surface area contributed by atoms with E-state index in [1.807, 2.05) is 0 Å². The molecule has 0 spiro atoms. The zero-order chi connectivity index (χ0) is 12.3. The Morgan fingerprint density at radius 1 is 1.59 bits per heavy atom. The number of pyridine rings is 1. The summed E-state index contributed by atoms with van der Waals surface area (Å²) in [6, 6.07) is 1.73. The second-order valence-electron chi connectivity index (χ2n) is 4.47. The van der Waals surface area contributed by atoms with Gasteiger partial charge in [-0.05, 0) is 28.4 Å². The van der Waals surface area contributed by atoms with Crippen molar-refractivity contribution in [3.05, 3.63) is 28.5 Å². The Kier molecular flexibility index (Phi) is 4.12. The van der Waals surface area contributed by atoms with Crippen LogP contribution in [0.2, 0.25) is 0 Å². The molecule has 1 N–H and O–H groups in total. The third-order valence-electron chi connectivity index (χ3n) is 2.92. The second kappa shape index (κ2) is 5.60. The van der Waals surface area contributed by atoms with Crippen LogP contribution >= 0.6 is 15.9 Å². The number of quaternary nitrogens is 1. The minimum Gasteiger partial charge on any atom is -0.453 e. The van der Waals surface area contributed by atoms with Crippen molar-refractivity contribution < 1.29 is 14.4 Å². The summed E-state index contributed by atoms with van der Waals surface area (Å²) in [6.45, 7) is 2.06. The van der Waals surface area contributed by atoms with Crippen molar-refractivity contribution >= 4 is 21.9 Å². The van der Waals surface area contributed by atoms with Crippen LogP contribution in [0.15, 0.2) is 22.9 Å². The van der Waals surface area contributed by atoms with E-state index in [0.717, 1.165) is 30.4 Å². The maximum absolute atomic E-state index is 11.9. The number of halogens is 1. The van der Waals surface area contributed by atoms with Crippen LogP contribution < -0.4 is 4.90 Å². The number of carbonyl (C=O) groups is 1. The van der Waals surface area contributed by atoms with Crippen LogP contribution in [-0.2, 0) is 4.74 Å². The molecule has 1 saturated heterocycles. The van der Waals surface area contributed by atoms with Crippen LogP contribution in [0.25, 0.3) is 0 Å². The molecular formula is C12H16BrN2O2+. The van der Waals surface area contributed by atoms with Crippen LogP contribution in [0.4, 0.5) is 0 Å². The van der Waals surface area contributed by atoms with Gasteiger partial charge in [-0.2, -0.15) is 0 Å². The smallest absolute Gasteiger partial charge is 0.340 e. The standard InChI is InChI=1S/C12H15BrN2O2/c1-15-4-2-3-11(8-15)17-12(16)9-5-10(13)7-14-6-9/h5-7,11H,2-4,8H2,1H3/p+1/t11-/m0/s1. The first-order valence-corrected chi connectivity index (χ1v) is 6.57. The van der Waals surface area contributed by atoms with Crippen molar-refractivity contribution in [2.24, 2.45) is 0 Å². The summed E-state index contributed by atoms with van der Waals surface area (Å²) < 4.78 is 6.27. The van der Waals surface area contributed by atoms with Gasteiger partial charge in [0.05, 0.1) is 19.2 Å². The summed E-state index contributed by atoms with van der Waals surface area (Å²) in [7, 11) is 2.13. The summed E-state index contributed by atoms with van der Waals surface area (Å²) in [6.07, 6.45) is 5.29. The lowest BCUT2D eigenvalue weighted by Crippen LogP contribution is -3.11. The van der Waals surface area contributed by atoms with E-state index in [9.17, 15) is 4.79 Å². The topological polar surface area (TPSA) is 43.6 Å². The number of esters is 1. The number of nitrogens with one attached hydrogen (secondary N) is 1. The Morgan fingerprint density at radius 3 is 3.12 bits per heavy atom. The number of ether oxygens (including phenoxy) is 1. The Bertz CT molecular complexity index is 411. The predicted molar refractivity (Wildman–Crippen MR) is 67.0 cm³/mol. The van der Waals surface area contributed by atoms with E-state index in [4.69, 9.17) is 4.74 Å². The van der Waals surface area contributed by atoms with Gasteiger partial charge in [0.15, 0.2) is 6.10 Å². The van der Waals surface area contributed by atoms with Gasteiger partial charge >= 0.3 is 5.97 Å². The van der Waals surface area contributed by atoms with Crippen LogP contribution in [-0.4, -0.2) is 37.2 Å². The van der Waals surface area contributed by atoms with E-state index in [-0.39, 0.29) is 12.1 Å². The molecule has 5 heteroatoms. The van der Waals surface area contributed by atoms with E-state index in [1.54, 1.807) is 12.3 Å². The molecule has 17 heavy (non-hydrogen) atoms. The molecule has 1 aromatic heterocycles. The van der Waals surface area contributed by atoms with Crippen LogP contribution in [0.3, 0.4) is 0 Å². The van der Waals surface area contributed by atoms with Crippen molar-refractivity contribution in [3.8, 4) is 0 Å². The number of hydrogen-bond donors (Lipinski definition) is 1. The fourth-order valence-corrected chi connectivity index (χ4v) is 2.43. The summed E-state index contributed by atoms with van der Waals surface area (Å²) in [4.78, 5) is 17.3. The van der Waals surface area contributed by atoms with Crippen molar-refractivity contribution in [3.63, 3.8) is 0 Å². The molecule has 0 aliphatic carbocycles. The zero-order valence-electron chi connectivity index (χ0n) is 9.78. The fourth-order valence-electron chi connectivity index (χ4n) is 2.07. The number of nitrogens with zero attached hydrogens (tertiary/aromatic N) is 1. The molecule has 1 unspecified atom stereocenters. The van der Waals surface area contributed by atoms with Crippen molar-refractivity contribution in [1.82, 2.24) is 4.98 Å². The van der Waals surface area contributed by atoms with Gasteiger partial charge in [-0.25, -0.2) is 4.79 Å². The van der Waals surface area contributed by atoms with Crippen LogP contribution in [0.5, 0.6) is 0 Å². The molecule has 0 saturated carbocycles. The summed E-state index contributed by atoms with van der Waals surface area (Å²) in [5, 5.41) is 0. The SMILES string of the molecule is C[NH+]1CCC[C@H](OC(=O)c2cncc(Br)c2)C1. The predicted octanol–water partition coefficient (Wildman–Crippen LogP) is 0.678. The number of piperidine rings is 1. The van der Waals surface area contributed by atoms with Crippen molar-refractivity contribution in [1.29, 1.82) is 0 Å². The average Bonchev–Trinajstić information content (AvgIpc) is 2.29. The number of carbonyl (C=O) groups excluding carboxylic acids is 1. The van der Waals surface area contributed by atoms with Crippen molar-refractivity contribution in [2.75, 3.05) is 20.1 Å². The number of likely N-dealkylation sites (N-methyl/N-ethyl adjacent to an activating group) is 1. The molecule has 1 aromatic rings. The molecule has 2 rings (SSSR count). The highest BCUT2D eigenvalue weighted by molar-refractivity contribution is 9.10. The molecule has 0 bridgehead atoms. The molecule has 0 aromatic carbocycles. The van der Waals surface area contributed by atoms with Crippen LogP contribution in [0.1, 0.15) is 23.2 Å². The summed E-state index contributed by atoms with van der Waals surface area (Å²) in [5.41, 5.74) is 0.502. The number of rotatable bonds is 2. The Labute approximate surface area is 109 Å².